The van der Waals surface area contributed by atoms with E-state index in [4.69, 9.17) is 0 Å². The zero-order valence-electron chi connectivity index (χ0n) is 13.8. The molecule has 0 unspecified atom stereocenters. The number of aromatic nitrogens is 4. The lowest BCUT2D eigenvalue weighted by Gasteiger charge is -2.33. The average molecular weight is 329 g/mol. The van der Waals surface area contributed by atoms with Crippen molar-refractivity contribution in [3.8, 4) is 0 Å². The predicted octanol–water partition coefficient (Wildman–Crippen LogP) is 1.03. The summed E-state index contributed by atoms with van der Waals surface area (Å²) in [4.78, 5) is 26.9. The highest BCUT2D eigenvalue weighted by Gasteiger charge is 2.23. The Bertz CT molecular complexity index is 631. The Labute approximate surface area is 141 Å². The molecule has 0 aromatic carbocycles. The number of anilines is 1. The highest BCUT2D eigenvalue weighted by Crippen LogP contribution is 2.15. The van der Waals surface area contributed by atoms with Crippen LogP contribution in [-0.2, 0) is 6.54 Å². The maximum Gasteiger partial charge on any atom is 0.315 e. The molecule has 3 rings (SSSR count). The van der Waals surface area contributed by atoms with Gasteiger partial charge in [0.25, 0.3) is 0 Å². The van der Waals surface area contributed by atoms with Crippen LogP contribution in [0.2, 0.25) is 0 Å². The standard InChI is InChI=1S/C16H23N7O/c1-13(10-22-9-7-17-12-22)20-16(24)21-14-4-2-8-23(11-14)15-18-5-3-6-19-15/h3,5-7,9,12-14H,2,4,8,10-11H2,1H3,(H2,20,21,24)/t13-,14-/m0/s1. The van der Waals surface area contributed by atoms with Gasteiger partial charge in [-0.25, -0.2) is 19.7 Å². The Morgan fingerprint density at radius 1 is 1.38 bits per heavy atom. The molecule has 3 heterocycles. The van der Waals surface area contributed by atoms with Gasteiger partial charge in [0.1, 0.15) is 0 Å². The van der Waals surface area contributed by atoms with Crippen LogP contribution >= 0.6 is 0 Å². The third-order valence-electron chi connectivity index (χ3n) is 4.01. The van der Waals surface area contributed by atoms with Crippen LogP contribution in [0.4, 0.5) is 10.7 Å². The Morgan fingerprint density at radius 2 is 2.21 bits per heavy atom. The number of piperidine rings is 1. The van der Waals surface area contributed by atoms with E-state index in [1.807, 2.05) is 17.7 Å². The largest absolute Gasteiger partial charge is 0.339 e. The molecule has 2 amide bonds. The number of rotatable bonds is 5. The smallest absolute Gasteiger partial charge is 0.315 e. The van der Waals surface area contributed by atoms with E-state index in [2.05, 4.69) is 30.5 Å². The van der Waals surface area contributed by atoms with Crippen LogP contribution < -0.4 is 15.5 Å². The van der Waals surface area contributed by atoms with Gasteiger partial charge < -0.3 is 20.1 Å². The van der Waals surface area contributed by atoms with Gasteiger partial charge in [0, 0.05) is 56.5 Å². The Kier molecular flexibility index (Phi) is 5.25. The van der Waals surface area contributed by atoms with E-state index in [1.165, 1.54) is 0 Å². The van der Waals surface area contributed by atoms with Crippen LogP contribution in [0.3, 0.4) is 0 Å². The van der Waals surface area contributed by atoms with Gasteiger partial charge in [-0.1, -0.05) is 0 Å². The van der Waals surface area contributed by atoms with Crippen molar-refractivity contribution in [2.75, 3.05) is 18.0 Å². The molecule has 2 aromatic rings. The molecule has 1 aliphatic heterocycles. The maximum atomic E-state index is 12.2. The van der Waals surface area contributed by atoms with E-state index in [1.54, 1.807) is 31.0 Å². The first kappa shape index (κ1) is 16.2. The molecule has 1 aliphatic rings. The molecule has 128 valence electrons. The van der Waals surface area contributed by atoms with Crippen LogP contribution in [0.5, 0.6) is 0 Å². The highest BCUT2D eigenvalue weighted by atomic mass is 16.2. The van der Waals surface area contributed by atoms with Gasteiger partial charge in [-0.2, -0.15) is 0 Å². The zero-order chi connectivity index (χ0) is 16.8. The third-order valence-corrected chi connectivity index (χ3v) is 4.01. The fraction of sp³-hybridized carbons (Fsp3) is 0.500. The summed E-state index contributed by atoms with van der Waals surface area (Å²) in [6.45, 7) is 4.32. The maximum absolute atomic E-state index is 12.2. The van der Waals surface area contributed by atoms with Crippen molar-refractivity contribution >= 4 is 12.0 Å². The molecule has 8 heteroatoms. The van der Waals surface area contributed by atoms with Crippen LogP contribution in [0.25, 0.3) is 0 Å². The van der Waals surface area contributed by atoms with Gasteiger partial charge in [-0.3, -0.25) is 0 Å². The van der Waals surface area contributed by atoms with E-state index in [0.717, 1.165) is 31.9 Å². The summed E-state index contributed by atoms with van der Waals surface area (Å²) >= 11 is 0. The van der Waals surface area contributed by atoms with Crippen molar-refractivity contribution in [3.05, 3.63) is 37.2 Å². The van der Waals surface area contributed by atoms with Gasteiger partial charge in [0.15, 0.2) is 0 Å². The molecule has 0 radical (unpaired) electrons. The van der Waals surface area contributed by atoms with E-state index >= 15 is 0 Å². The molecule has 2 aromatic heterocycles. The summed E-state index contributed by atoms with van der Waals surface area (Å²) in [5, 5.41) is 6.03. The second-order valence-corrected chi connectivity index (χ2v) is 6.11. The topological polar surface area (TPSA) is 88.0 Å². The summed E-state index contributed by atoms with van der Waals surface area (Å²) in [7, 11) is 0. The highest BCUT2D eigenvalue weighted by molar-refractivity contribution is 5.74. The van der Waals surface area contributed by atoms with Crippen molar-refractivity contribution < 1.29 is 4.79 Å². The van der Waals surface area contributed by atoms with Crippen molar-refractivity contribution in [2.24, 2.45) is 0 Å². The van der Waals surface area contributed by atoms with Crippen LogP contribution in [0, 0.1) is 0 Å². The fourth-order valence-corrected chi connectivity index (χ4v) is 2.94. The molecule has 1 fully saturated rings. The second-order valence-electron chi connectivity index (χ2n) is 6.11. The molecule has 2 atom stereocenters. The number of urea groups is 1. The Hall–Kier alpha value is -2.64. The van der Waals surface area contributed by atoms with E-state index in [-0.39, 0.29) is 18.1 Å². The first-order valence-electron chi connectivity index (χ1n) is 8.25. The van der Waals surface area contributed by atoms with Crippen molar-refractivity contribution in [2.45, 2.75) is 38.4 Å². The average Bonchev–Trinajstić information content (AvgIpc) is 3.08. The van der Waals surface area contributed by atoms with Gasteiger partial charge in [-0.05, 0) is 25.8 Å². The zero-order valence-corrected chi connectivity index (χ0v) is 13.8. The molecule has 0 saturated carbocycles. The molecule has 8 nitrogen and oxygen atoms in total. The van der Waals surface area contributed by atoms with E-state index < -0.39 is 0 Å². The SMILES string of the molecule is C[C@@H](Cn1ccnc1)NC(=O)N[C@H]1CCCN(c2ncccn2)C1. The first-order chi connectivity index (χ1) is 11.7. The quantitative estimate of drug-likeness (QED) is 0.855. The van der Waals surface area contributed by atoms with Crippen LogP contribution in [-0.4, -0.2) is 50.7 Å². The van der Waals surface area contributed by atoms with Gasteiger partial charge in [0.05, 0.1) is 6.33 Å². The lowest BCUT2D eigenvalue weighted by molar-refractivity contribution is 0.230. The summed E-state index contributed by atoms with van der Waals surface area (Å²) in [6, 6.07) is 1.79. The predicted molar refractivity (Wildman–Crippen MR) is 90.6 cm³/mol. The van der Waals surface area contributed by atoms with Crippen molar-refractivity contribution in [3.63, 3.8) is 0 Å². The molecule has 24 heavy (non-hydrogen) atoms. The monoisotopic (exact) mass is 329 g/mol. The summed E-state index contributed by atoms with van der Waals surface area (Å²) in [5.74, 6) is 0.720. The number of carbonyl (C=O) groups is 1. The number of amides is 2. The summed E-state index contributed by atoms with van der Waals surface area (Å²) in [6.07, 6.45) is 10.8. The lowest BCUT2D eigenvalue weighted by atomic mass is 10.1. The minimum atomic E-state index is -0.136. The number of hydrogen-bond acceptors (Lipinski definition) is 5. The Balaban J connectivity index is 1.47. The molecule has 0 aliphatic carbocycles. The first-order valence-corrected chi connectivity index (χ1v) is 8.25. The molecule has 2 N–H and O–H groups in total. The van der Waals surface area contributed by atoms with Crippen molar-refractivity contribution in [1.82, 2.24) is 30.2 Å². The Morgan fingerprint density at radius 3 is 2.96 bits per heavy atom. The third kappa shape index (κ3) is 4.43. The van der Waals surface area contributed by atoms with Gasteiger partial charge >= 0.3 is 6.03 Å². The summed E-state index contributed by atoms with van der Waals surface area (Å²) < 4.78 is 1.94. The number of imidazole rings is 1. The number of nitrogens with zero attached hydrogens (tertiary/aromatic N) is 5. The molecule has 1 saturated heterocycles. The molecule has 0 bridgehead atoms. The van der Waals surface area contributed by atoms with E-state index in [0.29, 0.717) is 6.54 Å². The lowest BCUT2D eigenvalue weighted by Crippen LogP contribution is -2.52. The minimum Gasteiger partial charge on any atom is -0.339 e. The summed E-state index contributed by atoms with van der Waals surface area (Å²) in [5.41, 5.74) is 0. The van der Waals surface area contributed by atoms with Crippen LogP contribution in [0.15, 0.2) is 37.2 Å². The van der Waals surface area contributed by atoms with Crippen molar-refractivity contribution in [1.29, 1.82) is 0 Å². The number of hydrogen-bond donors (Lipinski definition) is 2. The molecular weight excluding hydrogens is 306 g/mol. The fourth-order valence-electron chi connectivity index (χ4n) is 2.94. The van der Waals surface area contributed by atoms with Gasteiger partial charge in [0.2, 0.25) is 5.95 Å². The number of nitrogens with one attached hydrogen (secondary N) is 2. The normalized spacial score (nSPS) is 18.9. The van der Waals surface area contributed by atoms with Crippen LogP contribution in [0.1, 0.15) is 19.8 Å². The second kappa shape index (κ2) is 7.76. The van der Waals surface area contributed by atoms with Gasteiger partial charge in [-0.15, -0.1) is 0 Å². The molecular formula is C16H23N7O. The minimum absolute atomic E-state index is 0.0244. The number of carbonyl (C=O) groups excluding carboxylic acids is 1. The van der Waals surface area contributed by atoms with E-state index in [9.17, 15) is 4.79 Å². The molecule has 0 spiro atoms.